The molecule has 0 radical (unpaired) electrons. The molecule has 19 heavy (non-hydrogen) atoms. The van der Waals surface area contributed by atoms with Gasteiger partial charge in [0.2, 0.25) is 5.91 Å². The summed E-state index contributed by atoms with van der Waals surface area (Å²) in [6, 6.07) is 6.34. The summed E-state index contributed by atoms with van der Waals surface area (Å²) in [6.45, 7) is 13.4. The van der Waals surface area contributed by atoms with E-state index in [4.69, 9.17) is 0 Å². The Bertz CT molecular complexity index is 468. The van der Waals surface area contributed by atoms with Crippen LogP contribution in [-0.4, -0.2) is 29.6 Å². The van der Waals surface area contributed by atoms with Gasteiger partial charge in [-0.1, -0.05) is 29.8 Å². The van der Waals surface area contributed by atoms with Crippen LogP contribution in [0.5, 0.6) is 0 Å². The van der Waals surface area contributed by atoms with E-state index in [1.807, 2.05) is 18.7 Å². The first kappa shape index (κ1) is 15.8. The zero-order chi connectivity index (χ0) is 14.4. The third-order valence-electron chi connectivity index (χ3n) is 2.89. The van der Waals surface area contributed by atoms with Gasteiger partial charge in [-0.05, 0) is 39.3 Å². The zero-order valence-electron chi connectivity index (χ0n) is 12.3. The number of nitrogens with zero attached hydrogens (tertiary/aromatic N) is 1. The van der Waals surface area contributed by atoms with Gasteiger partial charge in [-0.3, -0.25) is 4.79 Å². The van der Waals surface area contributed by atoms with E-state index >= 15 is 0 Å². The van der Waals surface area contributed by atoms with Crippen molar-refractivity contribution in [3.63, 3.8) is 0 Å². The Morgan fingerprint density at radius 2 is 2.05 bits per heavy atom. The van der Waals surface area contributed by atoms with Gasteiger partial charge in [0.15, 0.2) is 0 Å². The summed E-state index contributed by atoms with van der Waals surface area (Å²) in [5.41, 5.74) is 3.48. The summed E-state index contributed by atoms with van der Waals surface area (Å²) in [6.07, 6.45) is 0. The molecule has 1 rings (SSSR count). The SMILES string of the molecule is C=C(C)CN(CC)C(=O)CSc1cc(C)ccc1C. The molecule has 3 heteroatoms. The summed E-state index contributed by atoms with van der Waals surface area (Å²) in [7, 11) is 0. The highest BCUT2D eigenvalue weighted by Crippen LogP contribution is 2.23. The summed E-state index contributed by atoms with van der Waals surface area (Å²) >= 11 is 1.62. The molecular weight excluding hydrogens is 254 g/mol. The van der Waals surface area contributed by atoms with Crippen LogP contribution in [0.1, 0.15) is 25.0 Å². The standard InChI is InChI=1S/C16H23NOS/c1-6-17(10-12(2)3)16(18)11-19-15-9-13(4)7-8-14(15)5/h7-9H,2,6,10-11H2,1,3-5H3. The molecule has 0 heterocycles. The van der Waals surface area contributed by atoms with E-state index in [1.54, 1.807) is 11.8 Å². The van der Waals surface area contributed by atoms with Crippen LogP contribution >= 0.6 is 11.8 Å². The molecule has 0 aromatic heterocycles. The number of benzene rings is 1. The van der Waals surface area contributed by atoms with Gasteiger partial charge < -0.3 is 4.90 Å². The number of amides is 1. The van der Waals surface area contributed by atoms with Gasteiger partial charge in [0.05, 0.1) is 5.75 Å². The van der Waals surface area contributed by atoms with Crippen molar-refractivity contribution in [3.8, 4) is 0 Å². The van der Waals surface area contributed by atoms with E-state index in [-0.39, 0.29) is 5.91 Å². The molecule has 0 aliphatic rings. The van der Waals surface area contributed by atoms with Gasteiger partial charge in [0.1, 0.15) is 0 Å². The van der Waals surface area contributed by atoms with Gasteiger partial charge >= 0.3 is 0 Å². The number of carbonyl (C=O) groups excluding carboxylic acids is 1. The molecule has 0 saturated carbocycles. The van der Waals surface area contributed by atoms with E-state index in [9.17, 15) is 4.79 Å². The molecule has 1 amide bonds. The molecule has 0 saturated heterocycles. The molecule has 0 N–H and O–H groups in total. The number of aryl methyl sites for hydroxylation is 2. The normalized spacial score (nSPS) is 10.3. The molecule has 0 spiro atoms. The van der Waals surface area contributed by atoms with Crippen LogP contribution in [-0.2, 0) is 4.79 Å². The maximum atomic E-state index is 12.1. The average Bonchev–Trinajstić information content (AvgIpc) is 2.36. The van der Waals surface area contributed by atoms with Crippen LogP contribution in [0.25, 0.3) is 0 Å². The third-order valence-corrected chi connectivity index (χ3v) is 4.03. The van der Waals surface area contributed by atoms with Gasteiger partial charge in [-0.25, -0.2) is 0 Å². The quantitative estimate of drug-likeness (QED) is 0.582. The van der Waals surface area contributed by atoms with Gasteiger partial charge in [0.25, 0.3) is 0 Å². The van der Waals surface area contributed by atoms with Crippen molar-refractivity contribution in [1.82, 2.24) is 4.90 Å². The number of hydrogen-bond acceptors (Lipinski definition) is 2. The summed E-state index contributed by atoms with van der Waals surface area (Å²) in [4.78, 5) is 15.2. The Morgan fingerprint density at radius 1 is 1.37 bits per heavy atom. The van der Waals surface area contributed by atoms with Crippen molar-refractivity contribution in [2.24, 2.45) is 0 Å². The third kappa shape index (κ3) is 5.11. The maximum Gasteiger partial charge on any atom is 0.233 e. The number of likely N-dealkylation sites (N-methyl/N-ethyl adjacent to an activating group) is 1. The van der Waals surface area contributed by atoms with Crippen molar-refractivity contribution >= 4 is 17.7 Å². The van der Waals surface area contributed by atoms with Gasteiger partial charge in [-0.2, -0.15) is 0 Å². The topological polar surface area (TPSA) is 20.3 Å². The lowest BCUT2D eigenvalue weighted by Crippen LogP contribution is -2.33. The Balaban J connectivity index is 2.62. The fraction of sp³-hybridized carbons (Fsp3) is 0.438. The minimum Gasteiger partial charge on any atom is -0.338 e. The highest BCUT2D eigenvalue weighted by Gasteiger charge is 2.12. The summed E-state index contributed by atoms with van der Waals surface area (Å²) in [5, 5.41) is 0. The monoisotopic (exact) mass is 277 g/mol. The van der Waals surface area contributed by atoms with Crippen molar-refractivity contribution in [2.75, 3.05) is 18.8 Å². The largest absolute Gasteiger partial charge is 0.338 e. The van der Waals surface area contributed by atoms with Crippen molar-refractivity contribution in [1.29, 1.82) is 0 Å². The Morgan fingerprint density at radius 3 is 2.63 bits per heavy atom. The fourth-order valence-corrected chi connectivity index (χ4v) is 2.82. The second-order valence-electron chi connectivity index (χ2n) is 4.92. The molecule has 1 aromatic carbocycles. The predicted molar refractivity (Wildman–Crippen MR) is 83.7 cm³/mol. The number of thioether (sulfide) groups is 1. The number of hydrogen-bond donors (Lipinski definition) is 0. The summed E-state index contributed by atoms with van der Waals surface area (Å²) < 4.78 is 0. The van der Waals surface area contributed by atoms with Crippen LogP contribution in [0.2, 0.25) is 0 Å². The smallest absolute Gasteiger partial charge is 0.233 e. The number of rotatable bonds is 6. The molecule has 0 bridgehead atoms. The second kappa shape index (κ2) is 7.39. The molecule has 2 nitrogen and oxygen atoms in total. The fourth-order valence-electron chi connectivity index (χ4n) is 1.80. The highest BCUT2D eigenvalue weighted by atomic mass is 32.2. The molecule has 0 fully saturated rings. The molecule has 0 atom stereocenters. The van der Waals surface area contributed by atoms with Crippen LogP contribution in [0.3, 0.4) is 0 Å². The van der Waals surface area contributed by atoms with Crippen LogP contribution in [0.15, 0.2) is 35.2 Å². The molecule has 1 aromatic rings. The van der Waals surface area contributed by atoms with Crippen LogP contribution in [0, 0.1) is 13.8 Å². The lowest BCUT2D eigenvalue weighted by Gasteiger charge is -2.21. The van der Waals surface area contributed by atoms with E-state index < -0.39 is 0 Å². The molecule has 0 unspecified atom stereocenters. The average molecular weight is 277 g/mol. The summed E-state index contributed by atoms with van der Waals surface area (Å²) in [5.74, 6) is 0.669. The second-order valence-corrected chi connectivity index (χ2v) is 5.94. The van der Waals surface area contributed by atoms with Crippen molar-refractivity contribution < 1.29 is 4.79 Å². The number of carbonyl (C=O) groups is 1. The van der Waals surface area contributed by atoms with Crippen molar-refractivity contribution in [3.05, 3.63) is 41.5 Å². The van der Waals surface area contributed by atoms with E-state index in [1.165, 1.54) is 16.0 Å². The first-order chi connectivity index (χ1) is 8.93. The minimum absolute atomic E-state index is 0.177. The van der Waals surface area contributed by atoms with Gasteiger partial charge in [-0.15, -0.1) is 11.8 Å². The predicted octanol–water partition coefficient (Wildman–Crippen LogP) is 3.82. The Hall–Kier alpha value is -1.22. The first-order valence-corrected chi connectivity index (χ1v) is 7.54. The lowest BCUT2D eigenvalue weighted by atomic mass is 10.2. The van der Waals surface area contributed by atoms with Crippen LogP contribution < -0.4 is 0 Å². The maximum absolute atomic E-state index is 12.1. The van der Waals surface area contributed by atoms with Gasteiger partial charge in [0, 0.05) is 18.0 Å². The Labute approximate surface area is 120 Å². The van der Waals surface area contributed by atoms with E-state index in [2.05, 4.69) is 38.6 Å². The lowest BCUT2D eigenvalue weighted by molar-refractivity contribution is -0.127. The first-order valence-electron chi connectivity index (χ1n) is 6.56. The highest BCUT2D eigenvalue weighted by molar-refractivity contribution is 8.00. The molecule has 104 valence electrons. The van der Waals surface area contributed by atoms with E-state index in [0.717, 1.165) is 12.1 Å². The Kier molecular flexibility index (Phi) is 6.16. The van der Waals surface area contributed by atoms with Crippen molar-refractivity contribution in [2.45, 2.75) is 32.6 Å². The zero-order valence-corrected chi connectivity index (χ0v) is 13.1. The minimum atomic E-state index is 0.177. The molecular formula is C16H23NOS. The molecule has 0 aliphatic carbocycles. The molecule has 0 aliphatic heterocycles. The van der Waals surface area contributed by atoms with E-state index in [0.29, 0.717) is 12.3 Å². The van der Waals surface area contributed by atoms with Crippen LogP contribution in [0.4, 0.5) is 0 Å².